The van der Waals surface area contributed by atoms with Crippen molar-refractivity contribution in [2.24, 2.45) is 5.92 Å². The van der Waals surface area contributed by atoms with Crippen LogP contribution in [0.15, 0.2) is 24.3 Å². The number of aryl methyl sites for hydroxylation is 2. The van der Waals surface area contributed by atoms with E-state index in [1.807, 2.05) is 43.0 Å². The molecule has 5 rings (SSSR count). The second-order valence-corrected chi connectivity index (χ2v) is 9.84. The maximum Gasteiger partial charge on any atom is 0.264 e. The largest absolute Gasteiger partial charge is 0.497 e. The van der Waals surface area contributed by atoms with E-state index in [0.29, 0.717) is 37.4 Å². The summed E-state index contributed by atoms with van der Waals surface area (Å²) in [5.74, 6) is 2.30. The molecule has 0 bridgehead atoms. The molecule has 1 aromatic carbocycles. The zero-order valence-electron chi connectivity index (χ0n) is 18.7. The monoisotopic (exact) mass is 449 g/mol. The lowest BCUT2D eigenvalue weighted by atomic mass is 9.88. The number of nitrogens with zero attached hydrogens (tertiary/aromatic N) is 3. The van der Waals surface area contributed by atoms with Crippen LogP contribution in [-0.4, -0.2) is 46.8 Å². The zero-order valence-corrected chi connectivity index (χ0v) is 19.5. The van der Waals surface area contributed by atoms with Gasteiger partial charge in [0.25, 0.3) is 5.91 Å². The Bertz CT molecular complexity index is 1190. The number of Topliss-reactive ketones (excluding diaryl/α,β-unsaturated/α-hetero) is 1. The summed E-state index contributed by atoms with van der Waals surface area (Å²) in [4.78, 5) is 39.3. The Labute approximate surface area is 191 Å². The number of piperidine rings is 1. The smallest absolute Gasteiger partial charge is 0.264 e. The van der Waals surface area contributed by atoms with E-state index in [9.17, 15) is 9.59 Å². The fraction of sp³-hybridized carbons (Fsp3) is 0.440. The summed E-state index contributed by atoms with van der Waals surface area (Å²) in [7, 11) is 1.61. The molecule has 3 heterocycles. The number of benzene rings is 1. The van der Waals surface area contributed by atoms with Crippen LogP contribution in [0, 0.1) is 19.8 Å². The van der Waals surface area contributed by atoms with Gasteiger partial charge in [-0.05, 0) is 69.4 Å². The Morgan fingerprint density at radius 2 is 1.72 bits per heavy atom. The molecular weight excluding hydrogens is 422 g/mol. The Kier molecular flexibility index (Phi) is 5.45. The number of hydrogen-bond donors (Lipinski definition) is 0. The maximum atomic E-state index is 13.3. The lowest BCUT2D eigenvalue weighted by Crippen LogP contribution is -2.40. The van der Waals surface area contributed by atoms with Crippen LogP contribution < -0.4 is 4.74 Å². The molecule has 3 aromatic rings. The summed E-state index contributed by atoms with van der Waals surface area (Å²) in [6.45, 7) is 5.20. The standard InChI is InChI=1S/C25H27N3O3S/c1-14-20-15(2)26-23(18-4-5-18)27-24(20)32-22(14)25(30)28-12-10-17(11-13-28)21(29)16-6-8-19(31-3)9-7-16/h6-9,17-18H,4-5,10-13H2,1-3H3. The van der Waals surface area contributed by atoms with Crippen LogP contribution >= 0.6 is 11.3 Å². The van der Waals surface area contributed by atoms with Gasteiger partial charge >= 0.3 is 0 Å². The van der Waals surface area contributed by atoms with Crippen LogP contribution in [0.3, 0.4) is 0 Å². The summed E-state index contributed by atoms with van der Waals surface area (Å²) < 4.78 is 5.17. The van der Waals surface area contributed by atoms with E-state index in [1.54, 1.807) is 7.11 Å². The third-order valence-electron chi connectivity index (χ3n) is 6.65. The molecule has 0 atom stereocenters. The number of carbonyl (C=O) groups excluding carboxylic acids is 2. The van der Waals surface area contributed by atoms with Gasteiger partial charge in [-0.15, -0.1) is 11.3 Å². The van der Waals surface area contributed by atoms with Gasteiger partial charge in [0.15, 0.2) is 5.78 Å². The number of fused-ring (bicyclic) bond motifs is 1. The van der Waals surface area contributed by atoms with E-state index in [2.05, 4.69) is 0 Å². The van der Waals surface area contributed by atoms with Crippen molar-refractivity contribution in [1.82, 2.24) is 14.9 Å². The lowest BCUT2D eigenvalue weighted by Gasteiger charge is -2.31. The number of carbonyl (C=O) groups is 2. The Morgan fingerprint density at radius 3 is 2.34 bits per heavy atom. The van der Waals surface area contributed by atoms with Crippen molar-refractivity contribution in [1.29, 1.82) is 0 Å². The summed E-state index contributed by atoms with van der Waals surface area (Å²) >= 11 is 1.49. The van der Waals surface area contributed by atoms with Crippen LogP contribution in [-0.2, 0) is 0 Å². The first-order valence-electron chi connectivity index (χ1n) is 11.2. The number of rotatable bonds is 5. The summed E-state index contributed by atoms with van der Waals surface area (Å²) in [5, 5.41) is 1.02. The average molecular weight is 450 g/mol. The van der Waals surface area contributed by atoms with E-state index in [-0.39, 0.29) is 17.6 Å². The molecule has 0 N–H and O–H groups in total. The highest BCUT2D eigenvalue weighted by Gasteiger charge is 2.32. The van der Waals surface area contributed by atoms with E-state index in [0.717, 1.165) is 50.8 Å². The van der Waals surface area contributed by atoms with Crippen molar-refractivity contribution in [2.75, 3.05) is 20.2 Å². The molecule has 6 nitrogen and oxygen atoms in total. The van der Waals surface area contributed by atoms with Crippen LogP contribution in [0.4, 0.5) is 0 Å². The zero-order chi connectivity index (χ0) is 22.4. The average Bonchev–Trinajstić information content (AvgIpc) is 3.62. The predicted molar refractivity (Wildman–Crippen MR) is 125 cm³/mol. The number of hydrogen-bond acceptors (Lipinski definition) is 6. The summed E-state index contributed by atoms with van der Waals surface area (Å²) in [5.41, 5.74) is 2.65. The van der Waals surface area contributed by atoms with Gasteiger partial charge in [-0.2, -0.15) is 0 Å². The minimum Gasteiger partial charge on any atom is -0.497 e. The maximum absolute atomic E-state index is 13.3. The van der Waals surface area contributed by atoms with E-state index in [1.165, 1.54) is 11.3 Å². The van der Waals surface area contributed by atoms with E-state index in [4.69, 9.17) is 14.7 Å². The van der Waals surface area contributed by atoms with Gasteiger partial charge in [0.1, 0.15) is 16.4 Å². The minimum absolute atomic E-state index is 0.0493. The van der Waals surface area contributed by atoms with Crippen LogP contribution in [0.1, 0.15) is 68.7 Å². The molecule has 0 spiro atoms. The van der Waals surface area contributed by atoms with Crippen LogP contribution in [0.5, 0.6) is 5.75 Å². The third-order valence-corrected chi connectivity index (χ3v) is 7.83. The Hall–Kier alpha value is -2.80. The van der Waals surface area contributed by atoms with Crippen molar-refractivity contribution >= 4 is 33.2 Å². The number of amides is 1. The molecule has 2 aromatic heterocycles. The van der Waals surface area contributed by atoms with Crippen molar-refractivity contribution in [3.63, 3.8) is 0 Å². The molecule has 32 heavy (non-hydrogen) atoms. The first kappa shape index (κ1) is 21.1. The van der Waals surface area contributed by atoms with Gasteiger partial charge in [-0.25, -0.2) is 9.97 Å². The highest BCUT2D eigenvalue weighted by molar-refractivity contribution is 7.20. The molecule has 1 saturated heterocycles. The lowest BCUT2D eigenvalue weighted by molar-refractivity contribution is 0.0654. The molecule has 1 aliphatic carbocycles. The van der Waals surface area contributed by atoms with E-state index < -0.39 is 0 Å². The first-order valence-corrected chi connectivity index (χ1v) is 12.0. The fourth-order valence-electron chi connectivity index (χ4n) is 4.57. The Balaban J connectivity index is 1.30. The second-order valence-electron chi connectivity index (χ2n) is 8.84. The fourth-order valence-corrected chi connectivity index (χ4v) is 5.77. The number of aromatic nitrogens is 2. The van der Waals surface area contributed by atoms with Gasteiger partial charge in [0.05, 0.1) is 17.7 Å². The van der Waals surface area contributed by atoms with E-state index >= 15 is 0 Å². The summed E-state index contributed by atoms with van der Waals surface area (Å²) in [6.07, 6.45) is 3.69. The first-order chi connectivity index (χ1) is 15.5. The molecule has 2 aliphatic rings. The van der Waals surface area contributed by atoms with Gasteiger partial charge < -0.3 is 9.64 Å². The van der Waals surface area contributed by atoms with Crippen molar-refractivity contribution in [3.05, 3.63) is 51.8 Å². The topological polar surface area (TPSA) is 72.4 Å². The molecule has 1 amide bonds. The van der Waals surface area contributed by atoms with Gasteiger partial charge in [0.2, 0.25) is 0 Å². The number of thiophene rings is 1. The quantitative estimate of drug-likeness (QED) is 0.517. The molecule has 166 valence electrons. The number of ketones is 1. The molecule has 2 fully saturated rings. The third kappa shape index (κ3) is 3.79. The highest BCUT2D eigenvalue weighted by Crippen LogP contribution is 2.40. The molecule has 7 heteroatoms. The van der Waals surface area contributed by atoms with Gasteiger partial charge in [0, 0.05) is 35.9 Å². The molecule has 1 aliphatic heterocycles. The number of likely N-dealkylation sites (tertiary alicyclic amines) is 1. The SMILES string of the molecule is COc1ccc(C(=O)C2CCN(C(=O)c3sc4nc(C5CC5)nc(C)c4c3C)CC2)cc1. The van der Waals surface area contributed by atoms with Crippen LogP contribution in [0.2, 0.25) is 0 Å². The summed E-state index contributed by atoms with van der Waals surface area (Å²) in [6, 6.07) is 7.27. The van der Waals surface area contributed by atoms with Crippen molar-refractivity contribution < 1.29 is 14.3 Å². The Morgan fingerprint density at radius 1 is 1.03 bits per heavy atom. The van der Waals surface area contributed by atoms with Crippen molar-refractivity contribution in [3.8, 4) is 5.75 Å². The molecule has 1 saturated carbocycles. The number of methoxy groups -OCH3 is 1. The normalized spacial score (nSPS) is 17.0. The highest BCUT2D eigenvalue weighted by atomic mass is 32.1. The van der Waals surface area contributed by atoms with Gasteiger partial charge in [-0.1, -0.05) is 0 Å². The van der Waals surface area contributed by atoms with Crippen LogP contribution in [0.25, 0.3) is 10.2 Å². The molecule has 0 radical (unpaired) electrons. The van der Waals surface area contributed by atoms with Crippen molar-refractivity contribution in [2.45, 2.75) is 45.4 Å². The molecular formula is C25H27N3O3S. The minimum atomic E-state index is -0.0508. The predicted octanol–water partition coefficient (Wildman–Crippen LogP) is 4.93. The second kappa shape index (κ2) is 8.28. The number of ether oxygens (including phenoxy) is 1. The molecule has 0 unspecified atom stereocenters. The van der Waals surface area contributed by atoms with Gasteiger partial charge in [-0.3, -0.25) is 9.59 Å².